The minimum absolute atomic E-state index is 0.945. The third-order valence-corrected chi connectivity index (χ3v) is 2.04. The summed E-state index contributed by atoms with van der Waals surface area (Å²) in [6, 6.07) is 4.13. The molecule has 0 bridgehead atoms. The van der Waals surface area contributed by atoms with Crippen molar-refractivity contribution in [3.63, 3.8) is 0 Å². The van der Waals surface area contributed by atoms with Gasteiger partial charge in [-0.15, -0.1) is 0 Å². The van der Waals surface area contributed by atoms with Gasteiger partial charge in [0.25, 0.3) is 0 Å². The van der Waals surface area contributed by atoms with Crippen molar-refractivity contribution < 1.29 is 0 Å². The van der Waals surface area contributed by atoms with Crippen molar-refractivity contribution in [1.29, 1.82) is 0 Å². The number of aliphatic imine (C=N–C) groups is 1. The summed E-state index contributed by atoms with van der Waals surface area (Å²) in [5.41, 5.74) is 1.28. The second kappa shape index (κ2) is 3.43. The average molecular weight is 163 g/mol. The van der Waals surface area contributed by atoms with E-state index in [4.69, 9.17) is 0 Å². The zero-order valence-corrected chi connectivity index (χ0v) is 7.01. The SMILES string of the molecule is c1c[nH]c(CCC2=NCCN2)c1. The first-order valence-corrected chi connectivity index (χ1v) is 4.34. The number of aromatic nitrogens is 1. The Kier molecular flexibility index (Phi) is 2.12. The first-order chi connectivity index (χ1) is 5.95. The van der Waals surface area contributed by atoms with Crippen LogP contribution in [-0.2, 0) is 6.42 Å². The summed E-state index contributed by atoms with van der Waals surface area (Å²) >= 11 is 0. The largest absolute Gasteiger partial charge is 0.372 e. The predicted molar refractivity (Wildman–Crippen MR) is 49.4 cm³/mol. The average Bonchev–Trinajstić information content (AvgIpc) is 2.74. The van der Waals surface area contributed by atoms with Gasteiger partial charge >= 0.3 is 0 Å². The number of nitrogens with one attached hydrogen (secondary N) is 2. The Labute approximate surface area is 71.9 Å². The molecule has 0 amide bonds. The van der Waals surface area contributed by atoms with Gasteiger partial charge in [0.15, 0.2) is 0 Å². The van der Waals surface area contributed by atoms with Gasteiger partial charge in [0.2, 0.25) is 0 Å². The normalized spacial score (nSPS) is 15.8. The van der Waals surface area contributed by atoms with Gasteiger partial charge in [0.05, 0.1) is 12.4 Å². The van der Waals surface area contributed by atoms with E-state index in [1.165, 1.54) is 5.69 Å². The van der Waals surface area contributed by atoms with Crippen molar-refractivity contribution in [3.8, 4) is 0 Å². The molecule has 0 radical (unpaired) electrons. The molecule has 1 aromatic rings. The molecule has 12 heavy (non-hydrogen) atoms. The lowest BCUT2D eigenvalue weighted by atomic mass is 10.2. The number of rotatable bonds is 3. The van der Waals surface area contributed by atoms with E-state index in [-0.39, 0.29) is 0 Å². The van der Waals surface area contributed by atoms with Gasteiger partial charge in [-0.3, -0.25) is 4.99 Å². The van der Waals surface area contributed by atoms with Crippen LogP contribution in [0.25, 0.3) is 0 Å². The second-order valence-corrected chi connectivity index (χ2v) is 2.95. The zero-order valence-electron chi connectivity index (χ0n) is 7.01. The molecule has 0 saturated carbocycles. The number of amidine groups is 1. The van der Waals surface area contributed by atoms with Crippen LogP contribution in [0.1, 0.15) is 12.1 Å². The van der Waals surface area contributed by atoms with Gasteiger partial charge in [-0.05, 0) is 18.6 Å². The third-order valence-electron chi connectivity index (χ3n) is 2.04. The highest BCUT2D eigenvalue weighted by molar-refractivity contribution is 5.83. The molecule has 1 aromatic heterocycles. The number of aromatic amines is 1. The van der Waals surface area contributed by atoms with Crippen LogP contribution in [-0.4, -0.2) is 23.9 Å². The van der Waals surface area contributed by atoms with E-state index in [1.807, 2.05) is 12.3 Å². The van der Waals surface area contributed by atoms with Crippen molar-refractivity contribution in [2.24, 2.45) is 4.99 Å². The molecule has 0 aliphatic carbocycles. The van der Waals surface area contributed by atoms with Crippen molar-refractivity contribution in [2.45, 2.75) is 12.8 Å². The fourth-order valence-corrected chi connectivity index (χ4v) is 1.39. The fraction of sp³-hybridized carbons (Fsp3) is 0.444. The van der Waals surface area contributed by atoms with Crippen LogP contribution in [0.5, 0.6) is 0 Å². The van der Waals surface area contributed by atoms with E-state index in [1.54, 1.807) is 0 Å². The molecular formula is C9H13N3. The minimum Gasteiger partial charge on any atom is -0.372 e. The lowest BCUT2D eigenvalue weighted by molar-refractivity contribution is 0.923. The van der Waals surface area contributed by atoms with Crippen molar-refractivity contribution in [1.82, 2.24) is 10.3 Å². The predicted octanol–water partition coefficient (Wildman–Crippen LogP) is 0.949. The lowest BCUT2D eigenvalue weighted by Crippen LogP contribution is -2.18. The van der Waals surface area contributed by atoms with Crippen LogP contribution in [0, 0.1) is 0 Å². The van der Waals surface area contributed by atoms with Crippen LogP contribution in [0.15, 0.2) is 23.3 Å². The fourth-order valence-electron chi connectivity index (χ4n) is 1.39. The van der Waals surface area contributed by atoms with Crippen molar-refractivity contribution in [2.75, 3.05) is 13.1 Å². The molecule has 0 unspecified atom stereocenters. The Morgan fingerprint density at radius 2 is 2.42 bits per heavy atom. The minimum atomic E-state index is 0.945. The van der Waals surface area contributed by atoms with Gasteiger partial charge < -0.3 is 10.3 Å². The first-order valence-electron chi connectivity index (χ1n) is 4.34. The molecule has 0 spiro atoms. The van der Waals surface area contributed by atoms with Gasteiger partial charge in [0.1, 0.15) is 0 Å². The van der Waals surface area contributed by atoms with Gasteiger partial charge in [-0.2, -0.15) is 0 Å². The molecule has 2 heterocycles. The van der Waals surface area contributed by atoms with Crippen molar-refractivity contribution in [3.05, 3.63) is 24.0 Å². The Balaban J connectivity index is 1.82. The molecular weight excluding hydrogens is 150 g/mol. The Hall–Kier alpha value is -1.25. The molecule has 64 valence electrons. The lowest BCUT2D eigenvalue weighted by Gasteiger charge is -1.99. The molecule has 2 N–H and O–H groups in total. The quantitative estimate of drug-likeness (QED) is 0.684. The molecule has 1 aliphatic rings. The molecule has 0 atom stereocenters. The molecule has 3 nitrogen and oxygen atoms in total. The maximum atomic E-state index is 4.33. The van der Waals surface area contributed by atoms with E-state index < -0.39 is 0 Å². The monoisotopic (exact) mass is 163 g/mol. The Morgan fingerprint density at radius 3 is 3.08 bits per heavy atom. The summed E-state index contributed by atoms with van der Waals surface area (Å²) in [6.07, 6.45) is 4.04. The number of nitrogens with zero attached hydrogens (tertiary/aromatic N) is 1. The molecule has 1 aliphatic heterocycles. The number of hydrogen-bond donors (Lipinski definition) is 2. The first kappa shape index (κ1) is 7.40. The Bertz CT molecular complexity index is 261. The van der Waals surface area contributed by atoms with E-state index >= 15 is 0 Å². The summed E-state index contributed by atoms with van der Waals surface area (Å²) in [4.78, 5) is 7.51. The third kappa shape index (κ3) is 1.67. The summed E-state index contributed by atoms with van der Waals surface area (Å²) in [5.74, 6) is 1.16. The topological polar surface area (TPSA) is 40.2 Å². The molecule has 3 heteroatoms. The number of aryl methyl sites for hydroxylation is 1. The maximum Gasteiger partial charge on any atom is 0.0968 e. The highest BCUT2D eigenvalue weighted by atomic mass is 15.1. The molecule has 0 aromatic carbocycles. The maximum absolute atomic E-state index is 4.33. The van der Waals surface area contributed by atoms with E-state index in [0.717, 1.165) is 31.8 Å². The number of hydrogen-bond acceptors (Lipinski definition) is 2. The smallest absolute Gasteiger partial charge is 0.0968 e. The summed E-state index contributed by atoms with van der Waals surface area (Å²) < 4.78 is 0. The highest BCUT2D eigenvalue weighted by Crippen LogP contribution is 2.01. The van der Waals surface area contributed by atoms with Gasteiger partial charge in [-0.25, -0.2) is 0 Å². The molecule has 2 rings (SSSR count). The van der Waals surface area contributed by atoms with Crippen LogP contribution in [0.4, 0.5) is 0 Å². The molecule has 0 saturated heterocycles. The standard InChI is InChI=1S/C9H13N3/c1-2-8(10-5-1)3-4-9-11-6-7-12-9/h1-2,5,10H,3-4,6-7H2,(H,11,12). The van der Waals surface area contributed by atoms with E-state index in [2.05, 4.69) is 21.4 Å². The Morgan fingerprint density at radius 1 is 1.42 bits per heavy atom. The molecule has 0 fully saturated rings. The second-order valence-electron chi connectivity index (χ2n) is 2.95. The van der Waals surface area contributed by atoms with Gasteiger partial charge in [0, 0.05) is 24.9 Å². The van der Waals surface area contributed by atoms with E-state index in [9.17, 15) is 0 Å². The van der Waals surface area contributed by atoms with Crippen LogP contribution in [0.3, 0.4) is 0 Å². The van der Waals surface area contributed by atoms with Crippen LogP contribution < -0.4 is 5.32 Å². The summed E-state index contributed by atoms with van der Waals surface area (Å²) in [6.45, 7) is 1.96. The van der Waals surface area contributed by atoms with Crippen molar-refractivity contribution >= 4 is 5.84 Å². The zero-order chi connectivity index (χ0) is 8.23. The van der Waals surface area contributed by atoms with Gasteiger partial charge in [-0.1, -0.05) is 0 Å². The van der Waals surface area contributed by atoms with Crippen LogP contribution >= 0.6 is 0 Å². The van der Waals surface area contributed by atoms with Crippen LogP contribution in [0.2, 0.25) is 0 Å². The highest BCUT2D eigenvalue weighted by Gasteiger charge is 2.04. The number of H-pyrrole nitrogens is 1. The summed E-state index contributed by atoms with van der Waals surface area (Å²) in [5, 5.41) is 3.26. The van der Waals surface area contributed by atoms with E-state index in [0.29, 0.717) is 0 Å². The summed E-state index contributed by atoms with van der Waals surface area (Å²) in [7, 11) is 0.